The first-order valence-electron chi connectivity index (χ1n) is 9.69. The van der Waals surface area contributed by atoms with Crippen LogP contribution in [-0.4, -0.2) is 5.11 Å². The Kier molecular flexibility index (Phi) is 3.54. The molecule has 0 spiro atoms. The van der Waals surface area contributed by atoms with Crippen molar-refractivity contribution in [1.29, 1.82) is 0 Å². The molecule has 0 unspecified atom stereocenters. The molecule has 2 nitrogen and oxygen atoms in total. The first-order valence-corrected chi connectivity index (χ1v) is 9.69. The molecule has 0 radical (unpaired) electrons. The second-order valence-corrected chi connectivity index (χ2v) is 8.57. The lowest BCUT2D eigenvalue weighted by Gasteiger charge is -2.23. The third-order valence-corrected chi connectivity index (χ3v) is 5.60. The van der Waals surface area contributed by atoms with Crippen molar-refractivity contribution in [1.82, 2.24) is 0 Å². The predicted molar refractivity (Wildman–Crippen MR) is 120 cm³/mol. The van der Waals surface area contributed by atoms with E-state index >= 15 is 0 Å². The highest BCUT2D eigenvalue weighted by atomic mass is 16.3. The fourth-order valence-corrected chi connectivity index (χ4v) is 4.30. The monoisotopic (exact) mass is 365 g/mol. The number of hydrogen-bond donors (Lipinski definition) is 2. The molecule has 138 valence electrons. The van der Waals surface area contributed by atoms with Gasteiger partial charge in [0.05, 0.1) is 0 Å². The highest BCUT2D eigenvalue weighted by molar-refractivity contribution is 6.26. The van der Waals surface area contributed by atoms with Gasteiger partial charge in [0, 0.05) is 22.8 Å². The summed E-state index contributed by atoms with van der Waals surface area (Å²) in [5.41, 5.74) is 3.39. The smallest absolute Gasteiger partial charge is 0.117 e. The van der Waals surface area contributed by atoms with E-state index in [1.807, 2.05) is 12.1 Å². The van der Waals surface area contributed by atoms with E-state index in [1.54, 1.807) is 12.1 Å². The van der Waals surface area contributed by atoms with Crippen molar-refractivity contribution in [3.05, 3.63) is 78.4 Å². The maximum absolute atomic E-state index is 9.79. The minimum atomic E-state index is 0.0883. The van der Waals surface area contributed by atoms with Gasteiger partial charge in [0.1, 0.15) is 5.75 Å². The molecule has 0 aromatic heterocycles. The van der Waals surface area contributed by atoms with Crippen LogP contribution in [0.1, 0.15) is 26.3 Å². The van der Waals surface area contributed by atoms with Crippen LogP contribution in [0.5, 0.6) is 5.75 Å². The van der Waals surface area contributed by atoms with Crippen LogP contribution in [0.4, 0.5) is 11.4 Å². The van der Waals surface area contributed by atoms with E-state index in [2.05, 4.69) is 74.6 Å². The van der Waals surface area contributed by atoms with Crippen LogP contribution in [-0.2, 0) is 5.41 Å². The van der Waals surface area contributed by atoms with Gasteiger partial charge in [-0.2, -0.15) is 0 Å². The van der Waals surface area contributed by atoms with Gasteiger partial charge in [0.2, 0.25) is 0 Å². The summed E-state index contributed by atoms with van der Waals surface area (Å²) in [6.07, 6.45) is 0. The molecule has 0 aliphatic carbocycles. The zero-order chi connectivity index (χ0) is 19.5. The maximum Gasteiger partial charge on any atom is 0.117 e. The Morgan fingerprint density at radius 3 is 2.07 bits per heavy atom. The maximum atomic E-state index is 9.79. The molecular weight excluding hydrogens is 342 g/mol. The highest BCUT2D eigenvalue weighted by Crippen LogP contribution is 2.41. The number of benzene rings is 5. The van der Waals surface area contributed by atoms with Crippen LogP contribution in [0.25, 0.3) is 32.3 Å². The van der Waals surface area contributed by atoms with Crippen molar-refractivity contribution in [2.75, 3.05) is 5.32 Å². The number of hydrogen-bond acceptors (Lipinski definition) is 2. The third kappa shape index (κ3) is 2.56. The third-order valence-electron chi connectivity index (χ3n) is 5.60. The summed E-state index contributed by atoms with van der Waals surface area (Å²) in [5, 5.41) is 21.0. The minimum Gasteiger partial charge on any atom is -0.508 e. The zero-order valence-corrected chi connectivity index (χ0v) is 16.4. The van der Waals surface area contributed by atoms with Crippen molar-refractivity contribution >= 4 is 43.7 Å². The highest BCUT2D eigenvalue weighted by Gasteiger charge is 2.19. The van der Waals surface area contributed by atoms with E-state index in [4.69, 9.17) is 0 Å². The van der Waals surface area contributed by atoms with Gasteiger partial charge in [0.25, 0.3) is 0 Å². The lowest BCUT2D eigenvalue weighted by atomic mass is 9.81. The molecule has 0 aliphatic heterocycles. The Morgan fingerprint density at radius 2 is 1.36 bits per heavy atom. The van der Waals surface area contributed by atoms with E-state index in [0.29, 0.717) is 0 Å². The second kappa shape index (κ2) is 5.87. The summed E-state index contributed by atoms with van der Waals surface area (Å²) in [6, 6.07) is 25.0. The van der Waals surface area contributed by atoms with Crippen molar-refractivity contribution in [2.45, 2.75) is 26.2 Å². The number of aromatic hydroxyl groups is 1. The molecule has 0 bridgehead atoms. The van der Waals surface area contributed by atoms with Crippen molar-refractivity contribution in [2.24, 2.45) is 0 Å². The molecule has 0 fully saturated rings. The van der Waals surface area contributed by atoms with Crippen molar-refractivity contribution in [3.63, 3.8) is 0 Å². The average Bonchev–Trinajstić information content (AvgIpc) is 2.66. The number of rotatable bonds is 2. The Bertz CT molecular complexity index is 1330. The molecule has 0 amide bonds. The second-order valence-electron chi connectivity index (χ2n) is 8.57. The molecule has 5 aromatic rings. The van der Waals surface area contributed by atoms with Gasteiger partial charge < -0.3 is 10.4 Å². The van der Waals surface area contributed by atoms with Gasteiger partial charge in [-0.15, -0.1) is 0 Å². The lowest BCUT2D eigenvalue weighted by molar-refractivity contribution is 0.475. The molecular formula is C26H23NO. The van der Waals surface area contributed by atoms with Gasteiger partial charge in [0.15, 0.2) is 0 Å². The first kappa shape index (κ1) is 16.9. The minimum absolute atomic E-state index is 0.0883. The average molecular weight is 365 g/mol. The molecule has 28 heavy (non-hydrogen) atoms. The van der Waals surface area contributed by atoms with Gasteiger partial charge in [-0.3, -0.25) is 0 Å². The Morgan fingerprint density at radius 1 is 0.714 bits per heavy atom. The zero-order valence-electron chi connectivity index (χ0n) is 16.4. The standard InChI is InChI=1S/C26H23NO/c1-26(2,3)22-13-9-16-8-12-21-23(27-18-5-4-6-19(28)15-18)14-10-17-7-11-20(22)24(16)25(17)21/h4-15,27-28H,1-3H3. The summed E-state index contributed by atoms with van der Waals surface area (Å²) in [4.78, 5) is 0. The largest absolute Gasteiger partial charge is 0.508 e. The topological polar surface area (TPSA) is 32.3 Å². The van der Waals surface area contributed by atoms with E-state index in [9.17, 15) is 5.11 Å². The fraction of sp³-hybridized carbons (Fsp3) is 0.154. The molecule has 5 aromatic carbocycles. The predicted octanol–water partition coefficient (Wildman–Crippen LogP) is 7.33. The number of phenolic OH excluding ortho intramolecular Hbond substituents is 1. The fourth-order valence-electron chi connectivity index (χ4n) is 4.30. The number of anilines is 2. The molecule has 0 saturated heterocycles. The lowest BCUT2D eigenvalue weighted by Crippen LogP contribution is -2.11. The van der Waals surface area contributed by atoms with E-state index in [-0.39, 0.29) is 11.2 Å². The molecule has 0 saturated carbocycles. The van der Waals surface area contributed by atoms with E-state index < -0.39 is 0 Å². The molecule has 5 rings (SSSR count). The summed E-state index contributed by atoms with van der Waals surface area (Å²) in [5.74, 6) is 0.262. The number of nitrogens with one attached hydrogen (secondary N) is 1. The van der Waals surface area contributed by atoms with Gasteiger partial charge >= 0.3 is 0 Å². The van der Waals surface area contributed by atoms with Crippen LogP contribution < -0.4 is 5.32 Å². The van der Waals surface area contributed by atoms with Crippen LogP contribution in [0.2, 0.25) is 0 Å². The molecule has 2 N–H and O–H groups in total. The van der Waals surface area contributed by atoms with Gasteiger partial charge in [-0.05, 0) is 56.1 Å². The molecule has 0 atom stereocenters. The van der Waals surface area contributed by atoms with Crippen molar-refractivity contribution in [3.8, 4) is 5.75 Å². The van der Waals surface area contributed by atoms with Crippen LogP contribution in [0.3, 0.4) is 0 Å². The molecule has 0 heterocycles. The number of phenols is 1. The van der Waals surface area contributed by atoms with E-state index in [1.165, 1.54) is 37.9 Å². The Hall–Kier alpha value is -3.26. The molecule has 0 aliphatic rings. The Labute approximate surface area is 164 Å². The molecule has 2 heteroatoms. The summed E-state index contributed by atoms with van der Waals surface area (Å²) in [6.45, 7) is 6.82. The summed E-state index contributed by atoms with van der Waals surface area (Å²) >= 11 is 0. The van der Waals surface area contributed by atoms with Crippen LogP contribution in [0, 0.1) is 0 Å². The first-order chi connectivity index (χ1) is 13.4. The normalized spacial score (nSPS) is 12.2. The summed E-state index contributed by atoms with van der Waals surface area (Å²) in [7, 11) is 0. The van der Waals surface area contributed by atoms with Crippen molar-refractivity contribution < 1.29 is 5.11 Å². The van der Waals surface area contributed by atoms with E-state index in [0.717, 1.165) is 11.4 Å². The quantitative estimate of drug-likeness (QED) is 0.321. The SMILES string of the molecule is CC(C)(C)c1ccc2ccc3c(Nc4cccc(O)c4)ccc4ccc1c2c43. The van der Waals surface area contributed by atoms with Crippen LogP contribution >= 0.6 is 0 Å². The van der Waals surface area contributed by atoms with Crippen LogP contribution in [0.15, 0.2) is 72.8 Å². The van der Waals surface area contributed by atoms with Gasteiger partial charge in [-0.1, -0.05) is 69.3 Å². The van der Waals surface area contributed by atoms with Gasteiger partial charge in [-0.25, -0.2) is 0 Å². The summed E-state index contributed by atoms with van der Waals surface area (Å²) < 4.78 is 0. The Balaban J connectivity index is 1.81.